The molecule has 4 atom stereocenters. The predicted molar refractivity (Wildman–Crippen MR) is 68.8 cm³/mol. The maximum absolute atomic E-state index is 12.1. The van der Waals surface area contributed by atoms with Gasteiger partial charge in [-0.1, -0.05) is 12.1 Å². The van der Waals surface area contributed by atoms with E-state index in [2.05, 4.69) is 4.74 Å². The molecule has 0 aromatic heterocycles. The van der Waals surface area contributed by atoms with Gasteiger partial charge in [0.25, 0.3) is 0 Å². The summed E-state index contributed by atoms with van der Waals surface area (Å²) < 4.78 is 45.7. The van der Waals surface area contributed by atoms with Crippen LogP contribution >= 0.6 is 0 Å². The largest absolute Gasteiger partial charge is 0.573 e. The van der Waals surface area contributed by atoms with Crippen LogP contribution in [0.25, 0.3) is 0 Å². The van der Waals surface area contributed by atoms with Crippen LogP contribution in [-0.4, -0.2) is 29.8 Å². The number of benzene rings is 1. The molecule has 0 radical (unpaired) electrons. The second-order valence-electron chi connectivity index (χ2n) is 5.74. The van der Waals surface area contributed by atoms with Crippen LogP contribution in [0.1, 0.15) is 24.8 Å². The molecule has 1 aromatic carbocycles. The molecule has 0 aliphatic carbocycles. The molecular weight excluding hydrogens is 285 g/mol. The van der Waals surface area contributed by atoms with Crippen molar-refractivity contribution >= 4 is 0 Å². The fourth-order valence-corrected chi connectivity index (χ4v) is 3.30. The minimum atomic E-state index is -4.68. The molecule has 1 N–H and O–H groups in total. The van der Waals surface area contributed by atoms with Gasteiger partial charge in [0, 0.05) is 5.92 Å². The van der Waals surface area contributed by atoms with Crippen molar-refractivity contribution in [3.63, 3.8) is 0 Å². The first-order chi connectivity index (χ1) is 9.90. The summed E-state index contributed by atoms with van der Waals surface area (Å²) in [5.74, 6) is -0.112. The number of ether oxygens (including phenoxy) is 2. The summed E-state index contributed by atoms with van der Waals surface area (Å²) in [5, 5.41) is 10.3. The molecule has 3 rings (SSSR count). The van der Waals surface area contributed by atoms with Gasteiger partial charge >= 0.3 is 6.36 Å². The number of alkyl halides is 3. The molecule has 6 heteroatoms. The summed E-state index contributed by atoms with van der Waals surface area (Å²) in [7, 11) is 0. The zero-order valence-corrected chi connectivity index (χ0v) is 11.3. The van der Waals surface area contributed by atoms with Crippen LogP contribution in [0.2, 0.25) is 0 Å². The standard InChI is InChI=1S/C15H17F3O3/c16-15(17,18)21-10-3-1-9(2-4-10)7-13(19)12-8-11-5-6-14(12)20-11/h1-4,11-14,19H,5-8H2. The Morgan fingerprint density at radius 2 is 1.95 bits per heavy atom. The van der Waals surface area contributed by atoms with E-state index in [0.717, 1.165) is 24.8 Å². The van der Waals surface area contributed by atoms with Gasteiger partial charge in [-0.25, -0.2) is 0 Å². The fourth-order valence-electron chi connectivity index (χ4n) is 3.30. The van der Waals surface area contributed by atoms with Gasteiger partial charge in [0.2, 0.25) is 0 Å². The molecule has 2 heterocycles. The summed E-state index contributed by atoms with van der Waals surface area (Å²) in [6, 6.07) is 5.65. The fraction of sp³-hybridized carbons (Fsp3) is 0.600. The summed E-state index contributed by atoms with van der Waals surface area (Å²) in [6.07, 6.45) is -1.43. The molecule has 0 saturated carbocycles. The monoisotopic (exact) mass is 302 g/mol. The highest BCUT2D eigenvalue weighted by atomic mass is 19.4. The van der Waals surface area contributed by atoms with E-state index in [1.165, 1.54) is 12.1 Å². The van der Waals surface area contributed by atoms with Crippen molar-refractivity contribution in [3.8, 4) is 5.75 Å². The second-order valence-corrected chi connectivity index (χ2v) is 5.74. The lowest BCUT2D eigenvalue weighted by Crippen LogP contribution is -2.30. The lowest BCUT2D eigenvalue weighted by Gasteiger charge is -2.24. The van der Waals surface area contributed by atoms with E-state index < -0.39 is 12.5 Å². The molecule has 2 fully saturated rings. The topological polar surface area (TPSA) is 38.7 Å². The molecule has 1 aromatic rings. The summed E-state index contributed by atoms with van der Waals surface area (Å²) in [5.41, 5.74) is 0.791. The van der Waals surface area contributed by atoms with Crippen molar-refractivity contribution in [1.82, 2.24) is 0 Å². The Bertz CT molecular complexity index is 486. The molecular formula is C15H17F3O3. The Kier molecular flexibility index (Phi) is 3.84. The lowest BCUT2D eigenvalue weighted by molar-refractivity contribution is -0.274. The van der Waals surface area contributed by atoms with E-state index >= 15 is 0 Å². The third-order valence-electron chi connectivity index (χ3n) is 4.25. The lowest BCUT2D eigenvalue weighted by atomic mass is 9.83. The van der Waals surface area contributed by atoms with E-state index in [1.807, 2.05) is 0 Å². The Morgan fingerprint density at radius 1 is 1.24 bits per heavy atom. The van der Waals surface area contributed by atoms with Crippen LogP contribution in [0, 0.1) is 5.92 Å². The molecule has 0 amide bonds. The van der Waals surface area contributed by atoms with Crippen LogP contribution < -0.4 is 4.74 Å². The van der Waals surface area contributed by atoms with Crippen molar-refractivity contribution < 1.29 is 27.8 Å². The zero-order valence-electron chi connectivity index (χ0n) is 11.3. The Hall–Kier alpha value is -1.27. The normalized spacial score (nSPS) is 29.6. The van der Waals surface area contributed by atoms with Crippen molar-refractivity contribution in [2.24, 2.45) is 5.92 Å². The van der Waals surface area contributed by atoms with Gasteiger partial charge in [-0.3, -0.25) is 0 Å². The molecule has 2 saturated heterocycles. The van der Waals surface area contributed by atoms with Crippen molar-refractivity contribution in [2.75, 3.05) is 0 Å². The van der Waals surface area contributed by atoms with E-state index in [9.17, 15) is 18.3 Å². The highest BCUT2D eigenvalue weighted by molar-refractivity contribution is 5.28. The number of aliphatic hydroxyl groups excluding tert-OH is 1. The van der Waals surface area contributed by atoms with E-state index in [4.69, 9.17) is 4.74 Å². The number of hydrogen-bond donors (Lipinski definition) is 1. The number of hydrogen-bond acceptors (Lipinski definition) is 3. The Labute approximate surface area is 120 Å². The van der Waals surface area contributed by atoms with Crippen LogP contribution in [0.4, 0.5) is 13.2 Å². The smallest absolute Gasteiger partial charge is 0.406 e. The molecule has 2 aliphatic heterocycles. The van der Waals surface area contributed by atoms with Crippen LogP contribution in [-0.2, 0) is 11.2 Å². The Balaban J connectivity index is 1.57. The number of rotatable bonds is 4. The highest BCUT2D eigenvalue weighted by Gasteiger charge is 2.43. The molecule has 2 bridgehead atoms. The summed E-state index contributed by atoms with van der Waals surface area (Å²) in [6.45, 7) is 0. The van der Waals surface area contributed by atoms with Crippen molar-refractivity contribution in [2.45, 2.75) is 50.4 Å². The average molecular weight is 302 g/mol. The van der Waals surface area contributed by atoms with Gasteiger partial charge in [-0.05, 0) is 43.4 Å². The quantitative estimate of drug-likeness (QED) is 0.929. The van der Waals surface area contributed by atoms with E-state index in [1.54, 1.807) is 12.1 Å². The summed E-state index contributed by atoms with van der Waals surface area (Å²) in [4.78, 5) is 0. The van der Waals surface area contributed by atoms with Crippen LogP contribution in [0.3, 0.4) is 0 Å². The van der Waals surface area contributed by atoms with Gasteiger partial charge < -0.3 is 14.6 Å². The van der Waals surface area contributed by atoms with Gasteiger partial charge in [0.05, 0.1) is 18.3 Å². The summed E-state index contributed by atoms with van der Waals surface area (Å²) >= 11 is 0. The average Bonchev–Trinajstić information content (AvgIpc) is 3.01. The van der Waals surface area contributed by atoms with Gasteiger partial charge in [-0.15, -0.1) is 13.2 Å². The van der Waals surface area contributed by atoms with Gasteiger partial charge in [-0.2, -0.15) is 0 Å². The Morgan fingerprint density at radius 3 is 2.48 bits per heavy atom. The highest BCUT2D eigenvalue weighted by Crippen LogP contribution is 2.41. The molecule has 116 valence electrons. The molecule has 0 spiro atoms. The second kappa shape index (κ2) is 5.50. The first kappa shape index (κ1) is 14.7. The van der Waals surface area contributed by atoms with E-state index in [-0.39, 0.29) is 23.9 Å². The number of halogens is 3. The first-order valence-electron chi connectivity index (χ1n) is 7.09. The number of aliphatic hydroxyl groups is 1. The van der Waals surface area contributed by atoms with Gasteiger partial charge in [0.15, 0.2) is 0 Å². The van der Waals surface area contributed by atoms with Crippen molar-refractivity contribution in [3.05, 3.63) is 29.8 Å². The van der Waals surface area contributed by atoms with Crippen LogP contribution in [0.5, 0.6) is 5.75 Å². The van der Waals surface area contributed by atoms with Crippen LogP contribution in [0.15, 0.2) is 24.3 Å². The van der Waals surface area contributed by atoms with Gasteiger partial charge in [0.1, 0.15) is 5.75 Å². The molecule has 21 heavy (non-hydrogen) atoms. The number of fused-ring (bicyclic) bond motifs is 2. The first-order valence-corrected chi connectivity index (χ1v) is 7.09. The maximum atomic E-state index is 12.1. The molecule has 4 unspecified atom stereocenters. The van der Waals surface area contributed by atoms with E-state index in [0.29, 0.717) is 6.42 Å². The SMILES string of the molecule is OC(Cc1ccc(OC(F)(F)F)cc1)C1CC2CCC1O2. The van der Waals surface area contributed by atoms with Crippen molar-refractivity contribution in [1.29, 1.82) is 0 Å². The molecule has 3 nitrogen and oxygen atoms in total. The minimum absolute atomic E-state index is 0.134. The predicted octanol–water partition coefficient (Wildman–Crippen LogP) is 3.06. The maximum Gasteiger partial charge on any atom is 0.573 e. The minimum Gasteiger partial charge on any atom is -0.406 e. The molecule has 2 aliphatic rings. The third kappa shape index (κ3) is 3.49. The zero-order chi connectivity index (χ0) is 15.0. The third-order valence-corrected chi connectivity index (χ3v) is 4.25.